The highest BCUT2D eigenvalue weighted by Crippen LogP contribution is 2.19. The summed E-state index contributed by atoms with van der Waals surface area (Å²) in [5.41, 5.74) is 2.40. The molecule has 0 fully saturated rings. The fourth-order valence-electron chi connectivity index (χ4n) is 2.12. The molecule has 2 rings (SSSR count). The van der Waals surface area contributed by atoms with Gasteiger partial charge in [0, 0.05) is 5.56 Å². The van der Waals surface area contributed by atoms with Gasteiger partial charge in [0.2, 0.25) is 0 Å². The van der Waals surface area contributed by atoms with Gasteiger partial charge in [-0.1, -0.05) is 44.2 Å². The predicted octanol–water partition coefficient (Wildman–Crippen LogP) is 4.33. The molecule has 0 aromatic heterocycles. The summed E-state index contributed by atoms with van der Waals surface area (Å²) in [6.07, 6.45) is 1.08. The SMILES string of the molecule is CC[C@@H](C)c1ccc(C(=O)COc2cccc(C#N)c2)cc1. The smallest absolute Gasteiger partial charge is 0.200 e. The average Bonchev–Trinajstić information content (AvgIpc) is 2.59. The molecular weight excluding hydrogens is 274 g/mol. The molecule has 0 amide bonds. The maximum absolute atomic E-state index is 12.1. The molecule has 112 valence electrons. The molecular formula is C19H19NO2. The van der Waals surface area contributed by atoms with Gasteiger partial charge in [-0.05, 0) is 36.1 Å². The van der Waals surface area contributed by atoms with Crippen molar-refractivity contribution in [3.8, 4) is 11.8 Å². The van der Waals surface area contributed by atoms with Crippen molar-refractivity contribution < 1.29 is 9.53 Å². The highest BCUT2D eigenvalue weighted by atomic mass is 16.5. The van der Waals surface area contributed by atoms with Crippen LogP contribution in [0.4, 0.5) is 0 Å². The second kappa shape index (κ2) is 7.42. The van der Waals surface area contributed by atoms with E-state index in [4.69, 9.17) is 10.00 Å². The van der Waals surface area contributed by atoms with Gasteiger partial charge < -0.3 is 4.74 Å². The predicted molar refractivity (Wildman–Crippen MR) is 86.1 cm³/mol. The van der Waals surface area contributed by atoms with Crippen molar-refractivity contribution in [3.63, 3.8) is 0 Å². The zero-order valence-electron chi connectivity index (χ0n) is 12.9. The third-order valence-electron chi connectivity index (χ3n) is 3.75. The summed E-state index contributed by atoms with van der Waals surface area (Å²) in [5.74, 6) is 0.954. The lowest BCUT2D eigenvalue weighted by Crippen LogP contribution is -2.11. The number of ketones is 1. The summed E-state index contributed by atoms with van der Waals surface area (Å²) in [6, 6.07) is 16.5. The molecule has 0 saturated carbocycles. The average molecular weight is 293 g/mol. The number of nitriles is 1. The number of ether oxygens (including phenoxy) is 1. The lowest BCUT2D eigenvalue weighted by atomic mass is 9.97. The van der Waals surface area contributed by atoms with E-state index < -0.39 is 0 Å². The van der Waals surface area contributed by atoms with Gasteiger partial charge >= 0.3 is 0 Å². The number of benzene rings is 2. The van der Waals surface area contributed by atoms with Gasteiger partial charge in [-0.25, -0.2) is 0 Å². The number of hydrogen-bond donors (Lipinski definition) is 0. The van der Waals surface area contributed by atoms with Gasteiger partial charge in [0.25, 0.3) is 0 Å². The summed E-state index contributed by atoms with van der Waals surface area (Å²) in [4.78, 5) is 12.1. The van der Waals surface area contributed by atoms with Gasteiger partial charge in [0.15, 0.2) is 12.4 Å². The summed E-state index contributed by atoms with van der Waals surface area (Å²) in [6.45, 7) is 4.28. The molecule has 0 unspecified atom stereocenters. The lowest BCUT2D eigenvalue weighted by Gasteiger charge is -2.10. The normalized spacial score (nSPS) is 11.5. The minimum atomic E-state index is -0.0712. The number of rotatable bonds is 6. The monoisotopic (exact) mass is 293 g/mol. The minimum absolute atomic E-state index is 0.0302. The highest BCUT2D eigenvalue weighted by molar-refractivity contribution is 5.97. The molecule has 2 aromatic carbocycles. The Kier molecular flexibility index (Phi) is 5.32. The lowest BCUT2D eigenvalue weighted by molar-refractivity contribution is 0.0921. The van der Waals surface area contributed by atoms with Crippen LogP contribution in [0.15, 0.2) is 48.5 Å². The largest absolute Gasteiger partial charge is 0.485 e. The number of carbonyl (C=O) groups is 1. The first-order valence-electron chi connectivity index (χ1n) is 7.40. The van der Waals surface area contributed by atoms with Gasteiger partial charge in [-0.15, -0.1) is 0 Å². The van der Waals surface area contributed by atoms with Crippen LogP contribution in [0.25, 0.3) is 0 Å². The van der Waals surface area contributed by atoms with Crippen molar-refractivity contribution in [1.82, 2.24) is 0 Å². The van der Waals surface area contributed by atoms with Crippen LogP contribution < -0.4 is 4.74 Å². The zero-order chi connectivity index (χ0) is 15.9. The molecule has 3 nitrogen and oxygen atoms in total. The molecule has 0 bridgehead atoms. The van der Waals surface area contributed by atoms with Crippen LogP contribution in [0.5, 0.6) is 5.75 Å². The first-order chi connectivity index (χ1) is 10.6. The third kappa shape index (κ3) is 3.95. The van der Waals surface area contributed by atoms with Gasteiger partial charge in [0.1, 0.15) is 5.75 Å². The molecule has 2 aromatic rings. The van der Waals surface area contributed by atoms with Crippen molar-refractivity contribution in [1.29, 1.82) is 5.26 Å². The minimum Gasteiger partial charge on any atom is -0.485 e. The van der Waals surface area contributed by atoms with E-state index in [-0.39, 0.29) is 12.4 Å². The molecule has 1 atom stereocenters. The van der Waals surface area contributed by atoms with Gasteiger partial charge in [0.05, 0.1) is 11.6 Å². The Hall–Kier alpha value is -2.60. The quantitative estimate of drug-likeness (QED) is 0.745. The maximum Gasteiger partial charge on any atom is 0.200 e. The highest BCUT2D eigenvalue weighted by Gasteiger charge is 2.09. The molecule has 3 heteroatoms. The Morgan fingerprint density at radius 2 is 1.95 bits per heavy atom. The summed E-state index contributed by atoms with van der Waals surface area (Å²) in [7, 11) is 0. The van der Waals surface area contributed by atoms with E-state index in [9.17, 15) is 4.79 Å². The Bertz CT molecular complexity index is 683. The van der Waals surface area contributed by atoms with E-state index in [2.05, 4.69) is 13.8 Å². The van der Waals surface area contributed by atoms with Crippen molar-refractivity contribution in [2.45, 2.75) is 26.2 Å². The molecule has 0 heterocycles. The van der Waals surface area contributed by atoms with E-state index in [0.717, 1.165) is 6.42 Å². The molecule has 22 heavy (non-hydrogen) atoms. The van der Waals surface area contributed by atoms with Gasteiger partial charge in [-0.2, -0.15) is 5.26 Å². The first kappa shape index (κ1) is 15.8. The Morgan fingerprint density at radius 3 is 2.59 bits per heavy atom. The van der Waals surface area contributed by atoms with Crippen LogP contribution >= 0.6 is 0 Å². The summed E-state index contributed by atoms with van der Waals surface area (Å²) < 4.78 is 5.46. The molecule has 0 radical (unpaired) electrons. The molecule has 0 saturated heterocycles. The second-order valence-corrected chi connectivity index (χ2v) is 5.28. The Balaban J connectivity index is 1.98. The Labute approximate surface area is 131 Å². The van der Waals surface area contributed by atoms with E-state index in [1.807, 2.05) is 30.3 Å². The van der Waals surface area contributed by atoms with Crippen LogP contribution in [0.2, 0.25) is 0 Å². The van der Waals surface area contributed by atoms with E-state index >= 15 is 0 Å². The molecule has 0 aliphatic rings. The molecule has 0 N–H and O–H groups in total. The van der Waals surface area contributed by atoms with E-state index in [1.165, 1.54) is 5.56 Å². The van der Waals surface area contributed by atoms with E-state index in [1.54, 1.807) is 24.3 Å². The third-order valence-corrected chi connectivity index (χ3v) is 3.75. The summed E-state index contributed by atoms with van der Waals surface area (Å²) in [5, 5.41) is 8.84. The zero-order valence-corrected chi connectivity index (χ0v) is 12.9. The Morgan fingerprint density at radius 1 is 1.23 bits per heavy atom. The van der Waals surface area contributed by atoms with Crippen LogP contribution in [0, 0.1) is 11.3 Å². The van der Waals surface area contributed by atoms with Gasteiger partial charge in [-0.3, -0.25) is 4.79 Å². The fourth-order valence-corrected chi connectivity index (χ4v) is 2.12. The number of carbonyl (C=O) groups excluding carboxylic acids is 1. The number of nitrogens with zero attached hydrogens (tertiary/aromatic N) is 1. The summed E-state index contributed by atoms with van der Waals surface area (Å²) >= 11 is 0. The maximum atomic E-state index is 12.1. The fraction of sp³-hybridized carbons (Fsp3) is 0.263. The van der Waals surface area contributed by atoms with Crippen molar-refractivity contribution in [3.05, 3.63) is 65.2 Å². The second-order valence-electron chi connectivity index (χ2n) is 5.28. The number of hydrogen-bond acceptors (Lipinski definition) is 3. The first-order valence-corrected chi connectivity index (χ1v) is 7.40. The molecule has 0 aliphatic carbocycles. The van der Waals surface area contributed by atoms with Crippen LogP contribution in [0.1, 0.15) is 47.7 Å². The molecule has 0 spiro atoms. The van der Waals surface area contributed by atoms with Crippen molar-refractivity contribution >= 4 is 5.78 Å². The van der Waals surface area contributed by atoms with Crippen LogP contribution in [0.3, 0.4) is 0 Å². The standard InChI is InChI=1S/C19H19NO2/c1-3-14(2)16-7-9-17(10-8-16)19(21)13-22-18-6-4-5-15(11-18)12-20/h4-11,14H,3,13H2,1-2H3/t14-/m1/s1. The van der Waals surface area contributed by atoms with Crippen molar-refractivity contribution in [2.24, 2.45) is 0 Å². The van der Waals surface area contributed by atoms with Crippen LogP contribution in [-0.4, -0.2) is 12.4 Å². The van der Waals surface area contributed by atoms with Crippen molar-refractivity contribution in [2.75, 3.05) is 6.61 Å². The molecule has 0 aliphatic heterocycles. The topological polar surface area (TPSA) is 50.1 Å². The van der Waals surface area contributed by atoms with E-state index in [0.29, 0.717) is 22.8 Å². The van der Waals surface area contributed by atoms with Crippen LogP contribution in [-0.2, 0) is 0 Å². The number of Topliss-reactive ketones (excluding diaryl/α,β-unsaturated/α-hetero) is 1.